The molecule has 3 N–H and O–H groups in total. The second-order valence-corrected chi connectivity index (χ2v) is 8.38. The molecule has 2 amide bonds. The molecular formula is C24H47N3O7. The average Bonchev–Trinajstić information content (AvgIpc) is 2.79. The Morgan fingerprint density at radius 3 is 1.97 bits per heavy atom. The molecule has 0 saturated heterocycles. The van der Waals surface area contributed by atoms with Crippen LogP contribution < -0.4 is 16.0 Å². The molecule has 10 nitrogen and oxygen atoms in total. The summed E-state index contributed by atoms with van der Waals surface area (Å²) in [7, 11) is 1.63. The third-order valence-electron chi connectivity index (χ3n) is 5.07. The summed E-state index contributed by atoms with van der Waals surface area (Å²) in [5, 5.41) is 8.88. The summed E-state index contributed by atoms with van der Waals surface area (Å²) in [5.41, 5.74) is 0. The average molecular weight is 490 g/mol. The Morgan fingerprint density at radius 2 is 1.44 bits per heavy atom. The van der Waals surface area contributed by atoms with Crippen LogP contribution in [0.5, 0.6) is 0 Å². The quantitative estimate of drug-likeness (QED) is 0.182. The van der Waals surface area contributed by atoms with Gasteiger partial charge in [0.1, 0.15) is 0 Å². The number of Topliss-reactive ketones (excluding diaryl/α,β-unsaturated/α-hetero) is 1. The van der Waals surface area contributed by atoms with E-state index >= 15 is 0 Å². The van der Waals surface area contributed by atoms with Crippen molar-refractivity contribution in [2.45, 2.75) is 65.5 Å². The van der Waals surface area contributed by atoms with E-state index in [1.165, 1.54) is 6.92 Å². The minimum atomic E-state index is -0.504. The maximum atomic E-state index is 12.5. The van der Waals surface area contributed by atoms with E-state index in [1.807, 2.05) is 20.8 Å². The third-order valence-corrected chi connectivity index (χ3v) is 5.07. The number of amides is 2. The van der Waals surface area contributed by atoms with Crippen molar-refractivity contribution in [1.29, 1.82) is 0 Å². The highest BCUT2D eigenvalue weighted by Gasteiger charge is 2.25. The van der Waals surface area contributed by atoms with Crippen LogP contribution in [0.15, 0.2) is 0 Å². The highest BCUT2D eigenvalue weighted by molar-refractivity contribution is 5.89. The zero-order valence-electron chi connectivity index (χ0n) is 21.8. The molecule has 0 aliphatic heterocycles. The fourth-order valence-corrected chi connectivity index (χ4v) is 3.13. The van der Waals surface area contributed by atoms with Gasteiger partial charge in [-0.15, -0.1) is 0 Å². The molecule has 0 aromatic carbocycles. The Kier molecular flexibility index (Phi) is 20.9. The number of methoxy groups -OCH3 is 1. The van der Waals surface area contributed by atoms with Gasteiger partial charge in [0.05, 0.1) is 58.3 Å². The van der Waals surface area contributed by atoms with Gasteiger partial charge in [0, 0.05) is 20.1 Å². The van der Waals surface area contributed by atoms with Gasteiger partial charge in [0.15, 0.2) is 5.78 Å². The topological polar surface area (TPSA) is 124 Å². The predicted molar refractivity (Wildman–Crippen MR) is 131 cm³/mol. The number of hydrogen-bond donors (Lipinski definition) is 3. The van der Waals surface area contributed by atoms with Crippen molar-refractivity contribution in [3.63, 3.8) is 0 Å². The molecule has 0 aliphatic rings. The number of hydrogen-bond acceptors (Lipinski definition) is 8. The number of nitrogens with one attached hydrogen (secondary N) is 3. The Hall–Kier alpha value is -1.59. The Morgan fingerprint density at radius 1 is 0.853 bits per heavy atom. The number of ether oxygens (including phenoxy) is 4. The summed E-state index contributed by atoms with van der Waals surface area (Å²) in [6.45, 7) is 11.9. The number of carbonyl (C=O) groups is 3. The molecule has 0 spiro atoms. The van der Waals surface area contributed by atoms with E-state index in [-0.39, 0.29) is 36.0 Å². The lowest BCUT2D eigenvalue weighted by Crippen LogP contribution is -2.51. The van der Waals surface area contributed by atoms with Gasteiger partial charge in [-0.2, -0.15) is 0 Å². The van der Waals surface area contributed by atoms with E-state index in [0.29, 0.717) is 65.8 Å². The van der Waals surface area contributed by atoms with Crippen molar-refractivity contribution in [2.75, 3.05) is 66.4 Å². The minimum Gasteiger partial charge on any atom is -0.382 e. The van der Waals surface area contributed by atoms with Crippen LogP contribution in [0, 0.1) is 5.92 Å². The van der Waals surface area contributed by atoms with E-state index in [2.05, 4.69) is 16.0 Å². The summed E-state index contributed by atoms with van der Waals surface area (Å²) >= 11 is 0. The molecule has 0 aromatic heterocycles. The van der Waals surface area contributed by atoms with Crippen molar-refractivity contribution < 1.29 is 33.3 Å². The smallest absolute Gasteiger partial charge is 0.237 e. The molecule has 0 aliphatic carbocycles. The van der Waals surface area contributed by atoms with Gasteiger partial charge in [-0.3, -0.25) is 14.4 Å². The van der Waals surface area contributed by atoms with E-state index in [0.717, 1.165) is 12.8 Å². The summed E-state index contributed by atoms with van der Waals surface area (Å²) < 4.78 is 20.9. The number of carbonyl (C=O) groups excluding carboxylic acids is 3. The zero-order chi connectivity index (χ0) is 25.6. The molecule has 0 radical (unpaired) electrons. The number of rotatable bonds is 23. The molecule has 0 fully saturated rings. The van der Waals surface area contributed by atoms with E-state index in [4.69, 9.17) is 18.9 Å². The molecule has 2 atom stereocenters. The largest absolute Gasteiger partial charge is 0.382 e. The van der Waals surface area contributed by atoms with Gasteiger partial charge in [-0.05, 0) is 38.6 Å². The van der Waals surface area contributed by atoms with Crippen LogP contribution in [-0.2, 0) is 33.3 Å². The lowest BCUT2D eigenvalue weighted by molar-refractivity contribution is -0.129. The summed E-state index contributed by atoms with van der Waals surface area (Å²) in [5.74, 6) is -0.151. The zero-order valence-corrected chi connectivity index (χ0v) is 21.8. The Labute approximate surface area is 205 Å². The molecule has 0 rings (SSSR count). The number of ketones is 1. The van der Waals surface area contributed by atoms with Gasteiger partial charge in [-0.25, -0.2) is 0 Å². The second-order valence-electron chi connectivity index (χ2n) is 8.38. The van der Waals surface area contributed by atoms with E-state index in [9.17, 15) is 14.4 Å². The van der Waals surface area contributed by atoms with Crippen molar-refractivity contribution in [3.05, 3.63) is 0 Å². The first-order valence-electron chi connectivity index (χ1n) is 12.4. The normalized spacial score (nSPS) is 13.0. The molecule has 34 heavy (non-hydrogen) atoms. The minimum absolute atomic E-state index is 0.0591. The lowest BCUT2D eigenvalue weighted by Gasteiger charge is -2.24. The Bertz CT molecular complexity index is 547. The monoisotopic (exact) mass is 489 g/mol. The molecule has 200 valence electrons. The van der Waals surface area contributed by atoms with Gasteiger partial charge in [-0.1, -0.05) is 20.8 Å². The van der Waals surface area contributed by atoms with Crippen LogP contribution in [0.1, 0.15) is 53.4 Å². The SMILES string of the molecule is CCN[C@H](C(=O)N[C@@H](CCCCNC(=O)CCOCCOCCOCCOC)C(C)=O)C(C)C. The first kappa shape index (κ1) is 32.4. The summed E-state index contributed by atoms with van der Waals surface area (Å²) in [6.07, 6.45) is 2.29. The molecule has 0 bridgehead atoms. The Balaban J connectivity index is 3.82. The lowest BCUT2D eigenvalue weighted by atomic mass is 10.0. The first-order valence-corrected chi connectivity index (χ1v) is 12.4. The number of likely N-dealkylation sites (N-methyl/N-ethyl adjacent to an activating group) is 1. The molecular weight excluding hydrogens is 442 g/mol. The van der Waals surface area contributed by atoms with Crippen LogP contribution in [0.25, 0.3) is 0 Å². The van der Waals surface area contributed by atoms with Crippen LogP contribution in [0.2, 0.25) is 0 Å². The first-order chi connectivity index (χ1) is 16.3. The maximum Gasteiger partial charge on any atom is 0.237 e. The van der Waals surface area contributed by atoms with Gasteiger partial charge in [0.25, 0.3) is 0 Å². The van der Waals surface area contributed by atoms with E-state index < -0.39 is 6.04 Å². The standard InChI is InChI=1S/C24H47N3O7/c1-6-25-23(19(2)3)24(30)27-21(20(4)28)9-7-8-11-26-22(29)10-12-32-15-16-34-18-17-33-14-13-31-5/h19,21,23,25H,6-18H2,1-5H3,(H,26,29)(H,27,30)/t21-,23-/m0/s1. The van der Waals surface area contributed by atoms with Crippen molar-refractivity contribution in [2.24, 2.45) is 5.92 Å². The van der Waals surface area contributed by atoms with Crippen molar-refractivity contribution >= 4 is 17.6 Å². The van der Waals surface area contributed by atoms with Crippen LogP contribution in [0.3, 0.4) is 0 Å². The van der Waals surface area contributed by atoms with Crippen molar-refractivity contribution in [3.8, 4) is 0 Å². The van der Waals surface area contributed by atoms with Crippen LogP contribution in [-0.4, -0.2) is 96.1 Å². The van der Waals surface area contributed by atoms with Gasteiger partial charge in [0.2, 0.25) is 11.8 Å². The van der Waals surface area contributed by atoms with Crippen LogP contribution in [0.4, 0.5) is 0 Å². The second kappa shape index (κ2) is 21.9. The van der Waals surface area contributed by atoms with Gasteiger partial charge >= 0.3 is 0 Å². The molecule has 0 heterocycles. The van der Waals surface area contributed by atoms with Gasteiger partial charge < -0.3 is 34.9 Å². The molecule has 10 heteroatoms. The maximum absolute atomic E-state index is 12.5. The van der Waals surface area contributed by atoms with Crippen LogP contribution >= 0.6 is 0 Å². The highest BCUT2D eigenvalue weighted by atomic mass is 16.6. The fourth-order valence-electron chi connectivity index (χ4n) is 3.13. The predicted octanol–water partition coefficient (Wildman–Crippen LogP) is 1.07. The third kappa shape index (κ3) is 17.8. The number of unbranched alkanes of at least 4 members (excludes halogenated alkanes) is 1. The summed E-state index contributed by atoms with van der Waals surface area (Å²) in [4.78, 5) is 36.3. The fraction of sp³-hybridized carbons (Fsp3) is 0.875. The highest BCUT2D eigenvalue weighted by Crippen LogP contribution is 2.06. The van der Waals surface area contributed by atoms with Crippen molar-refractivity contribution in [1.82, 2.24) is 16.0 Å². The molecule has 0 aromatic rings. The summed E-state index contributed by atoms with van der Waals surface area (Å²) in [6, 6.07) is -0.823. The molecule has 0 saturated carbocycles. The molecule has 0 unspecified atom stereocenters. The van der Waals surface area contributed by atoms with E-state index in [1.54, 1.807) is 7.11 Å².